The minimum absolute atomic E-state index is 0.132. The molecule has 3 heterocycles. The van der Waals surface area contributed by atoms with Crippen LogP contribution in [0.5, 0.6) is 5.75 Å². The van der Waals surface area contributed by atoms with Gasteiger partial charge in [0.25, 0.3) is 5.91 Å². The number of rotatable bonds is 3. The molecule has 0 atom stereocenters. The fourth-order valence-corrected chi connectivity index (χ4v) is 3.71. The number of alkyl halides is 3. The predicted molar refractivity (Wildman–Crippen MR) is 98.8 cm³/mol. The number of halogens is 4. The maximum atomic E-state index is 13.7. The Labute approximate surface area is 169 Å². The number of amides is 1. The van der Waals surface area contributed by atoms with E-state index in [0.29, 0.717) is 49.0 Å². The predicted octanol–water partition coefficient (Wildman–Crippen LogP) is 3.92. The lowest BCUT2D eigenvalue weighted by Gasteiger charge is -2.32. The molecule has 0 aliphatic carbocycles. The van der Waals surface area contributed by atoms with Gasteiger partial charge in [0, 0.05) is 13.1 Å². The molecule has 0 radical (unpaired) electrons. The molecule has 6 nitrogen and oxygen atoms in total. The first-order valence-corrected chi connectivity index (χ1v) is 9.32. The van der Waals surface area contributed by atoms with Gasteiger partial charge in [-0.3, -0.25) is 9.20 Å². The van der Waals surface area contributed by atoms with E-state index in [0.717, 1.165) is 12.1 Å². The van der Waals surface area contributed by atoms with E-state index in [-0.39, 0.29) is 17.6 Å². The molecule has 1 saturated heterocycles. The SMILES string of the molecule is COc1ccc2nnc(C(=O)N3CCC(c4cc(F)cc(C(F)(F)F)c4)CC3)n2c1. The highest BCUT2D eigenvalue weighted by Crippen LogP contribution is 2.35. The zero-order valence-electron chi connectivity index (χ0n) is 16.0. The van der Waals surface area contributed by atoms with Crippen LogP contribution in [0.2, 0.25) is 0 Å². The van der Waals surface area contributed by atoms with Gasteiger partial charge in [-0.15, -0.1) is 10.2 Å². The second kappa shape index (κ2) is 7.58. The van der Waals surface area contributed by atoms with Crippen molar-refractivity contribution in [2.75, 3.05) is 20.2 Å². The summed E-state index contributed by atoms with van der Waals surface area (Å²) in [6.07, 6.45) is -2.15. The average Bonchev–Trinajstić information content (AvgIpc) is 3.15. The summed E-state index contributed by atoms with van der Waals surface area (Å²) in [7, 11) is 1.51. The van der Waals surface area contributed by atoms with Gasteiger partial charge in [-0.1, -0.05) is 0 Å². The Hall–Kier alpha value is -3.17. The van der Waals surface area contributed by atoms with Gasteiger partial charge >= 0.3 is 6.18 Å². The summed E-state index contributed by atoms with van der Waals surface area (Å²) in [5, 5.41) is 7.94. The van der Waals surface area contributed by atoms with Crippen LogP contribution < -0.4 is 4.74 Å². The van der Waals surface area contributed by atoms with Crippen molar-refractivity contribution in [1.82, 2.24) is 19.5 Å². The Morgan fingerprint density at radius 1 is 1.13 bits per heavy atom. The molecular weight excluding hydrogens is 404 g/mol. The Kier molecular flexibility index (Phi) is 5.08. The lowest BCUT2D eigenvalue weighted by atomic mass is 9.88. The third-order valence-electron chi connectivity index (χ3n) is 5.30. The summed E-state index contributed by atoms with van der Waals surface area (Å²) >= 11 is 0. The summed E-state index contributed by atoms with van der Waals surface area (Å²) < 4.78 is 59.4. The monoisotopic (exact) mass is 422 g/mol. The highest BCUT2D eigenvalue weighted by molar-refractivity contribution is 5.91. The molecule has 10 heteroatoms. The fourth-order valence-electron chi connectivity index (χ4n) is 3.71. The lowest BCUT2D eigenvalue weighted by molar-refractivity contribution is -0.137. The molecule has 158 valence electrons. The van der Waals surface area contributed by atoms with Gasteiger partial charge in [0.1, 0.15) is 11.6 Å². The number of hydrogen-bond acceptors (Lipinski definition) is 4. The molecule has 30 heavy (non-hydrogen) atoms. The molecule has 3 aromatic rings. The first kappa shape index (κ1) is 20.1. The van der Waals surface area contributed by atoms with E-state index < -0.39 is 17.6 Å². The first-order valence-electron chi connectivity index (χ1n) is 9.32. The lowest BCUT2D eigenvalue weighted by Crippen LogP contribution is -2.38. The number of hydrogen-bond donors (Lipinski definition) is 0. The molecule has 2 aromatic heterocycles. The molecule has 0 spiro atoms. The summed E-state index contributed by atoms with van der Waals surface area (Å²) in [6, 6.07) is 6.00. The van der Waals surface area contributed by atoms with Crippen molar-refractivity contribution in [3.63, 3.8) is 0 Å². The van der Waals surface area contributed by atoms with Crippen molar-refractivity contribution in [1.29, 1.82) is 0 Å². The second-order valence-electron chi connectivity index (χ2n) is 7.16. The first-order chi connectivity index (χ1) is 14.3. The van der Waals surface area contributed by atoms with Gasteiger partial charge in [0.05, 0.1) is 18.9 Å². The van der Waals surface area contributed by atoms with Gasteiger partial charge in [0.2, 0.25) is 5.82 Å². The molecule has 4 rings (SSSR count). The number of carbonyl (C=O) groups excluding carboxylic acids is 1. The number of nitrogens with zero attached hydrogens (tertiary/aromatic N) is 4. The van der Waals surface area contributed by atoms with Crippen LogP contribution >= 0.6 is 0 Å². The Morgan fingerprint density at radius 2 is 1.87 bits per heavy atom. The van der Waals surface area contributed by atoms with Crippen LogP contribution in [0.25, 0.3) is 5.65 Å². The smallest absolute Gasteiger partial charge is 0.416 e. The Bertz CT molecular complexity index is 1090. The number of aromatic nitrogens is 3. The molecule has 0 saturated carbocycles. The van der Waals surface area contributed by atoms with Crippen LogP contribution in [0, 0.1) is 5.82 Å². The molecular formula is C20H18F4N4O2. The molecule has 0 unspecified atom stereocenters. The highest BCUT2D eigenvalue weighted by atomic mass is 19.4. The van der Waals surface area contributed by atoms with E-state index in [2.05, 4.69) is 10.2 Å². The summed E-state index contributed by atoms with van der Waals surface area (Å²) in [5.41, 5.74) is -0.208. The highest BCUT2D eigenvalue weighted by Gasteiger charge is 2.33. The Morgan fingerprint density at radius 3 is 2.53 bits per heavy atom. The van der Waals surface area contributed by atoms with Gasteiger partial charge in [-0.05, 0) is 54.7 Å². The molecule has 1 aliphatic heterocycles. The van der Waals surface area contributed by atoms with E-state index in [9.17, 15) is 22.4 Å². The van der Waals surface area contributed by atoms with E-state index in [1.54, 1.807) is 23.2 Å². The molecule has 1 amide bonds. The molecule has 0 bridgehead atoms. The topological polar surface area (TPSA) is 59.7 Å². The zero-order valence-corrected chi connectivity index (χ0v) is 16.0. The van der Waals surface area contributed by atoms with Crippen LogP contribution in [0.15, 0.2) is 36.5 Å². The summed E-state index contributed by atoms with van der Waals surface area (Å²) in [5.74, 6) is -0.832. The van der Waals surface area contributed by atoms with Crippen molar-refractivity contribution in [3.8, 4) is 5.75 Å². The molecule has 1 aliphatic rings. The van der Waals surface area contributed by atoms with Crippen LogP contribution in [-0.2, 0) is 6.18 Å². The van der Waals surface area contributed by atoms with Crippen molar-refractivity contribution in [2.24, 2.45) is 0 Å². The number of likely N-dealkylation sites (tertiary alicyclic amines) is 1. The largest absolute Gasteiger partial charge is 0.495 e. The third kappa shape index (κ3) is 3.81. The standard InChI is InChI=1S/C20H18F4N4O2/c1-30-16-2-3-17-25-26-18(28(17)11-16)19(29)27-6-4-12(5-7-27)13-8-14(20(22,23)24)10-15(21)9-13/h2-3,8-12H,4-7H2,1H3. The van der Waals surface area contributed by atoms with E-state index >= 15 is 0 Å². The van der Waals surface area contributed by atoms with Crippen LogP contribution in [0.4, 0.5) is 17.6 Å². The van der Waals surface area contributed by atoms with Crippen molar-refractivity contribution in [3.05, 3.63) is 59.3 Å². The van der Waals surface area contributed by atoms with Gasteiger partial charge in [-0.2, -0.15) is 13.2 Å². The van der Waals surface area contributed by atoms with Crippen molar-refractivity contribution in [2.45, 2.75) is 24.9 Å². The maximum Gasteiger partial charge on any atom is 0.416 e. The summed E-state index contributed by atoms with van der Waals surface area (Å²) in [4.78, 5) is 14.5. The maximum absolute atomic E-state index is 13.7. The normalized spacial score (nSPS) is 15.6. The van der Waals surface area contributed by atoms with Gasteiger partial charge in [0.15, 0.2) is 5.65 Å². The fraction of sp³-hybridized carbons (Fsp3) is 0.350. The minimum Gasteiger partial charge on any atom is -0.495 e. The zero-order chi connectivity index (χ0) is 21.5. The number of carbonyl (C=O) groups is 1. The third-order valence-corrected chi connectivity index (χ3v) is 5.30. The van der Waals surface area contributed by atoms with Gasteiger partial charge in [-0.25, -0.2) is 4.39 Å². The average molecular weight is 422 g/mol. The quantitative estimate of drug-likeness (QED) is 0.601. The number of ether oxygens (including phenoxy) is 1. The Balaban J connectivity index is 1.50. The second-order valence-corrected chi connectivity index (χ2v) is 7.16. The van der Waals surface area contributed by atoms with E-state index in [4.69, 9.17) is 4.74 Å². The number of pyridine rings is 1. The molecule has 1 fully saturated rings. The van der Waals surface area contributed by atoms with Crippen LogP contribution in [0.1, 0.15) is 40.5 Å². The summed E-state index contributed by atoms with van der Waals surface area (Å²) in [6.45, 7) is 0.639. The number of piperidine rings is 1. The molecule has 0 N–H and O–H groups in total. The molecule has 1 aromatic carbocycles. The minimum atomic E-state index is -4.61. The van der Waals surface area contributed by atoms with E-state index in [1.807, 2.05) is 0 Å². The number of benzene rings is 1. The van der Waals surface area contributed by atoms with Gasteiger partial charge < -0.3 is 9.64 Å². The van der Waals surface area contributed by atoms with Crippen molar-refractivity contribution >= 4 is 11.6 Å². The number of methoxy groups -OCH3 is 1. The van der Waals surface area contributed by atoms with Crippen LogP contribution in [-0.4, -0.2) is 45.6 Å². The van der Waals surface area contributed by atoms with Crippen LogP contribution in [0.3, 0.4) is 0 Å². The number of fused-ring (bicyclic) bond motifs is 1. The van der Waals surface area contributed by atoms with Crippen molar-refractivity contribution < 1.29 is 27.1 Å². The van der Waals surface area contributed by atoms with E-state index in [1.165, 1.54) is 11.5 Å².